The summed E-state index contributed by atoms with van der Waals surface area (Å²) in [7, 11) is -2.88. The number of halogens is 3. The highest BCUT2D eigenvalue weighted by molar-refractivity contribution is 7.89. The van der Waals surface area contributed by atoms with Crippen molar-refractivity contribution in [3.05, 3.63) is 59.9 Å². The maximum Gasteiger partial charge on any atom is 0.243 e. The predicted molar refractivity (Wildman–Crippen MR) is 81.2 cm³/mol. The van der Waals surface area contributed by atoms with Gasteiger partial charge in [0.25, 0.3) is 0 Å². The van der Waals surface area contributed by atoms with E-state index in [1.165, 1.54) is 0 Å². The molecule has 2 aromatic carbocycles. The topological polar surface area (TPSA) is 66.5 Å². The molecule has 0 aliphatic carbocycles. The van der Waals surface area contributed by atoms with E-state index in [0.29, 0.717) is 4.31 Å². The monoisotopic (exact) mass is 358 g/mol. The first-order chi connectivity index (χ1) is 11.2. The second kappa shape index (κ2) is 7.02. The Bertz CT molecular complexity index is 855. The molecule has 5 nitrogen and oxygen atoms in total. The molecule has 0 radical (unpaired) electrons. The fourth-order valence-corrected chi connectivity index (χ4v) is 2.98. The van der Waals surface area contributed by atoms with Gasteiger partial charge < -0.3 is 5.32 Å². The molecule has 0 saturated carbocycles. The molecule has 2 rings (SSSR count). The third-order valence-electron chi connectivity index (χ3n) is 3.09. The lowest BCUT2D eigenvalue weighted by atomic mass is 10.3. The number of benzene rings is 2. The first kappa shape index (κ1) is 18.0. The molecule has 0 saturated heterocycles. The zero-order chi connectivity index (χ0) is 17.9. The average Bonchev–Trinajstić information content (AvgIpc) is 2.51. The van der Waals surface area contributed by atoms with E-state index in [9.17, 15) is 26.4 Å². The minimum atomic E-state index is -4.02. The van der Waals surface area contributed by atoms with Crippen LogP contribution >= 0.6 is 0 Å². The van der Waals surface area contributed by atoms with Crippen LogP contribution in [0.3, 0.4) is 0 Å². The molecule has 0 atom stereocenters. The summed E-state index contributed by atoms with van der Waals surface area (Å²) in [4.78, 5) is 11.7. The summed E-state index contributed by atoms with van der Waals surface area (Å²) in [6, 6.07) is 6.57. The van der Waals surface area contributed by atoms with E-state index in [4.69, 9.17) is 0 Å². The van der Waals surface area contributed by atoms with E-state index >= 15 is 0 Å². The van der Waals surface area contributed by atoms with Gasteiger partial charge in [0.2, 0.25) is 15.9 Å². The molecular formula is C15H13F3N2O3S. The van der Waals surface area contributed by atoms with Gasteiger partial charge in [-0.25, -0.2) is 21.6 Å². The Hall–Kier alpha value is -2.39. The van der Waals surface area contributed by atoms with Crippen LogP contribution in [-0.2, 0) is 14.8 Å². The Morgan fingerprint density at radius 1 is 1.04 bits per heavy atom. The molecule has 1 amide bonds. The molecule has 0 unspecified atom stereocenters. The summed E-state index contributed by atoms with van der Waals surface area (Å²) >= 11 is 0. The first-order valence-corrected chi connectivity index (χ1v) is 8.11. The van der Waals surface area contributed by atoms with Crippen molar-refractivity contribution >= 4 is 21.6 Å². The largest absolute Gasteiger partial charge is 0.322 e. The van der Waals surface area contributed by atoms with E-state index in [1.54, 1.807) is 0 Å². The molecular weight excluding hydrogens is 345 g/mol. The van der Waals surface area contributed by atoms with Gasteiger partial charge in [0, 0.05) is 13.1 Å². The number of sulfonamides is 1. The maximum absolute atomic E-state index is 13.5. The van der Waals surface area contributed by atoms with Gasteiger partial charge in [-0.1, -0.05) is 0 Å². The van der Waals surface area contributed by atoms with Gasteiger partial charge >= 0.3 is 0 Å². The highest BCUT2D eigenvalue weighted by Crippen LogP contribution is 2.17. The zero-order valence-corrected chi connectivity index (χ0v) is 13.3. The van der Waals surface area contributed by atoms with Crippen molar-refractivity contribution in [3.8, 4) is 0 Å². The Morgan fingerprint density at radius 2 is 1.62 bits per heavy atom. The number of hydrogen-bond acceptors (Lipinski definition) is 3. The Labute approximate surface area is 136 Å². The Morgan fingerprint density at radius 3 is 2.25 bits per heavy atom. The lowest BCUT2D eigenvalue weighted by Gasteiger charge is -2.17. The van der Waals surface area contributed by atoms with Crippen molar-refractivity contribution in [2.75, 3.05) is 18.9 Å². The molecule has 0 bridgehead atoms. The molecule has 0 aromatic heterocycles. The number of nitrogens with one attached hydrogen (secondary N) is 1. The normalized spacial score (nSPS) is 11.5. The highest BCUT2D eigenvalue weighted by Gasteiger charge is 2.23. The van der Waals surface area contributed by atoms with Crippen LogP contribution in [-0.4, -0.2) is 32.2 Å². The third-order valence-corrected chi connectivity index (χ3v) is 4.91. The number of carbonyl (C=O) groups is 1. The lowest BCUT2D eigenvalue weighted by molar-refractivity contribution is -0.116. The average molecular weight is 358 g/mol. The molecule has 24 heavy (non-hydrogen) atoms. The standard InChI is InChI=1S/C15H13F3N2O3S/c1-20(24(22,23)12-5-2-10(16)3-6-12)9-15(21)19-14-8-11(17)4-7-13(14)18/h2-8H,9H2,1H3,(H,19,21). The van der Waals surface area contributed by atoms with Gasteiger partial charge in [-0.3, -0.25) is 4.79 Å². The minimum Gasteiger partial charge on any atom is -0.322 e. The number of nitrogens with zero attached hydrogens (tertiary/aromatic N) is 1. The second-order valence-corrected chi connectivity index (χ2v) is 6.93. The number of rotatable bonds is 5. The van der Waals surface area contributed by atoms with Crippen molar-refractivity contribution in [1.82, 2.24) is 4.31 Å². The lowest BCUT2D eigenvalue weighted by Crippen LogP contribution is -2.35. The Balaban J connectivity index is 2.10. The van der Waals surface area contributed by atoms with Gasteiger partial charge in [0.15, 0.2) is 0 Å². The summed E-state index contributed by atoms with van der Waals surface area (Å²) in [5.41, 5.74) is -0.396. The van der Waals surface area contributed by atoms with Crippen molar-refractivity contribution in [2.45, 2.75) is 4.90 Å². The second-order valence-electron chi connectivity index (χ2n) is 4.89. The van der Waals surface area contributed by atoms with Crippen LogP contribution in [0.4, 0.5) is 18.9 Å². The van der Waals surface area contributed by atoms with Gasteiger partial charge in [-0.05, 0) is 36.4 Å². The number of likely N-dealkylation sites (N-methyl/N-ethyl adjacent to an activating group) is 1. The fourth-order valence-electron chi connectivity index (χ4n) is 1.86. The molecule has 0 heterocycles. The van der Waals surface area contributed by atoms with Crippen molar-refractivity contribution in [2.24, 2.45) is 0 Å². The highest BCUT2D eigenvalue weighted by atomic mass is 32.2. The van der Waals surface area contributed by atoms with Crippen LogP contribution < -0.4 is 5.32 Å². The van der Waals surface area contributed by atoms with E-state index < -0.39 is 45.6 Å². The van der Waals surface area contributed by atoms with E-state index in [-0.39, 0.29) is 4.90 Å². The van der Waals surface area contributed by atoms with E-state index in [0.717, 1.165) is 49.5 Å². The Kier molecular flexibility index (Phi) is 5.25. The van der Waals surface area contributed by atoms with Crippen LogP contribution in [0.2, 0.25) is 0 Å². The van der Waals surface area contributed by atoms with Crippen LogP contribution in [0.25, 0.3) is 0 Å². The summed E-state index contributed by atoms with van der Waals surface area (Å²) in [6.07, 6.45) is 0. The van der Waals surface area contributed by atoms with Crippen LogP contribution in [0, 0.1) is 17.5 Å². The van der Waals surface area contributed by atoms with Crippen molar-refractivity contribution in [3.63, 3.8) is 0 Å². The minimum absolute atomic E-state index is 0.198. The van der Waals surface area contributed by atoms with E-state index in [1.807, 2.05) is 0 Å². The number of amides is 1. The molecule has 128 valence electrons. The van der Waals surface area contributed by atoms with Crippen LogP contribution in [0.15, 0.2) is 47.4 Å². The van der Waals surface area contributed by atoms with Gasteiger partial charge in [0.1, 0.15) is 17.5 Å². The molecule has 0 fully saturated rings. The van der Waals surface area contributed by atoms with Crippen LogP contribution in [0.1, 0.15) is 0 Å². The van der Waals surface area contributed by atoms with Crippen molar-refractivity contribution < 1.29 is 26.4 Å². The SMILES string of the molecule is CN(CC(=O)Nc1cc(F)ccc1F)S(=O)(=O)c1ccc(F)cc1. The fraction of sp³-hybridized carbons (Fsp3) is 0.133. The third kappa shape index (κ3) is 4.12. The zero-order valence-electron chi connectivity index (χ0n) is 12.5. The summed E-state index contributed by atoms with van der Waals surface area (Å²) in [5, 5.41) is 2.09. The summed E-state index contributed by atoms with van der Waals surface area (Å²) < 4.78 is 64.6. The molecule has 0 aliphatic heterocycles. The number of anilines is 1. The predicted octanol–water partition coefficient (Wildman–Crippen LogP) is 2.36. The summed E-state index contributed by atoms with van der Waals surface area (Å²) in [6.45, 7) is -0.629. The molecule has 0 aliphatic rings. The van der Waals surface area contributed by atoms with E-state index in [2.05, 4.69) is 5.32 Å². The molecule has 1 N–H and O–H groups in total. The van der Waals surface area contributed by atoms with Crippen molar-refractivity contribution in [1.29, 1.82) is 0 Å². The number of carbonyl (C=O) groups excluding carboxylic acids is 1. The molecule has 0 spiro atoms. The number of hydrogen-bond donors (Lipinski definition) is 1. The molecule has 2 aromatic rings. The quantitative estimate of drug-likeness (QED) is 0.892. The smallest absolute Gasteiger partial charge is 0.243 e. The van der Waals surface area contributed by atoms with Gasteiger partial charge in [-0.15, -0.1) is 0 Å². The first-order valence-electron chi connectivity index (χ1n) is 6.67. The maximum atomic E-state index is 13.5. The van der Waals surface area contributed by atoms with Gasteiger partial charge in [0.05, 0.1) is 17.1 Å². The summed E-state index contributed by atoms with van der Waals surface area (Å²) in [5.74, 6) is -3.06. The molecule has 9 heteroatoms. The van der Waals surface area contributed by atoms with Gasteiger partial charge in [-0.2, -0.15) is 4.31 Å². The van der Waals surface area contributed by atoms with Crippen LogP contribution in [0.5, 0.6) is 0 Å².